The Kier molecular flexibility index (Phi) is 7.78. The second-order valence-electron chi connectivity index (χ2n) is 8.86. The van der Waals surface area contributed by atoms with E-state index < -0.39 is 50.2 Å². The molecule has 4 rings (SSSR count). The number of methoxy groups -OCH3 is 1. The van der Waals surface area contributed by atoms with Gasteiger partial charge in [-0.3, -0.25) is 13.9 Å². The zero-order chi connectivity index (χ0) is 28.6. The molecule has 0 unspecified atom stereocenters. The highest BCUT2D eigenvalue weighted by Crippen LogP contribution is 2.52. The number of ether oxygens (including phenoxy) is 2. The summed E-state index contributed by atoms with van der Waals surface area (Å²) in [6.45, 7) is 0.964. The summed E-state index contributed by atoms with van der Waals surface area (Å²) in [5.74, 6) is -3.93. The van der Waals surface area contributed by atoms with E-state index in [1.165, 1.54) is 19.1 Å². The smallest absolute Gasteiger partial charge is 0.459 e. The molecule has 3 heterocycles. The number of aromatic nitrogens is 4. The summed E-state index contributed by atoms with van der Waals surface area (Å²) in [5.41, 5.74) is 3.17. The van der Waals surface area contributed by atoms with Gasteiger partial charge in [0.25, 0.3) is 5.85 Å². The maximum Gasteiger partial charge on any atom is 0.459 e. The minimum Gasteiger partial charge on any atom is -0.468 e. The van der Waals surface area contributed by atoms with E-state index in [2.05, 4.69) is 30.1 Å². The van der Waals surface area contributed by atoms with Crippen LogP contribution in [-0.4, -0.2) is 75.0 Å². The van der Waals surface area contributed by atoms with E-state index in [1.54, 1.807) is 25.2 Å². The van der Waals surface area contributed by atoms with E-state index in [1.807, 2.05) is 0 Å². The summed E-state index contributed by atoms with van der Waals surface area (Å²) >= 11 is 0. The number of esters is 1. The number of halogens is 2. The fourth-order valence-corrected chi connectivity index (χ4v) is 5.50. The molecule has 6 atom stereocenters. The zero-order valence-electron chi connectivity index (χ0n) is 21.4. The minimum absolute atomic E-state index is 0.00439. The number of alkyl halides is 2. The molecule has 0 spiro atoms. The van der Waals surface area contributed by atoms with Gasteiger partial charge in [-0.25, -0.2) is 18.3 Å². The Morgan fingerprint density at radius 3 is 2.67 bits per heavy atom. The number of aliphatic hydroxyl groups excluding tert-OH is 1. The van der Waals surface area contributed by atoms with E-state index in [0.717, 1.165) is 24.9 Å². The van der Waals surface area contributed by atoms with Crippen LogP contribution in [0.2, 0.25) is 0 Å². The minimum atomic E-state index is -4.53. The summed E-state index contributed by atoms with van der Waals surface area (Å²) < 4.78 is 67.2. The Labute approximate surface area is 221 Å². The molecular weight excluding hydrogens is 543 g/mol. The van der Waals surface area contributed by atoms with Crippen LogP contribution in [0.25, 0.3) is 11.2 Å². The number of para-hydroxylation sites is 1. The van der Waals surface area contributed by atoms with Crippen LogP contribution >= 0.6 is 7.75 Å². The van der Waals surface area contributed by atoms with Crippen molar-refractivity contribution in [3.63, 3.8) is 0 Å². The first-order valence-electron chi connectivity index (χ1n) is 11.6. The van der Waals surface area contributed by atoms with Crippen LogP contribution in [0.15, 0.2) is 36.7 Å². The van der Waals surface area contributed by atoms with Gasteiger partial charge in [-0.2, -0.15) is 15.1 Å². The number of carbonyl (C=O) groups excluding carboxylic acids is 1. The molecule has 17 heteroatoms. The van der Waals surface area contributed by atoms with Crippen LogP contribution in [0.4, 0.5) is 20.5 Å². The third-order valence-corrected chi connectivity index (χ3v) is 7.59. The van der Waals surface area contributed by atoms with E-state index in [9.17, 15) is 14.5 Å². The normalized spacial score (nSPS) is 27.2. The van der Waals surface area contributed by atoms with Gasteiger partial charge in [-0.1, -0.05) is 18.2 Å². The fraction of sp³-hybridized carbons (Fsp3) is 0.455. The molecule has 1 saturated heterocycles. The number of anilines is 2. The Morgan fingerprint density at radius 1 is 1.33 bits per heavy atom. The summed E-state index contributed by atoms with van der Waals surface area (Å²) in [4.78, 5) is 24.1. The number of fused-ring (bicyclic) bond motifs is 1. The first-order chi connectivity index (χ1) is 18.3. The quantitative estimate of drug-likeness (QED) is 0.205. The highest BCUT2D eigenvalue weighted by atomic mass is 31.2. The zero-order valence-corrected chi connectivity index (χ0v) is 22.3. The Bertz CT molecular complexity index is 1400. The van der Waals surface area contributed by atoms with Gasteiger partial charge in [0.2, 0.25) is 5.95 Å². The monoisotopic (exact) mass is 571 g/mol. The molecule has 0 amide bonds. The third-order valence-electron chi connectivity index (χ3n) is 5.97. The predicted octanol–water partition coefficient (Wildman–Crippen LogP) is 2.09. The average molecular weight is 571 g/mol. The lowest BCUT2D eigenvalue weighted by molar-refractivity contribution is -0.202. The van der Waals surface area contributed by atoms with Crippen LogP contribution in [0, 0.1) is 0 Å². The predicted molar refractivity (Wildman–Crippen MR) is 134 cm³/mol. The number of nitrogens with two attached hydrogens (primary N) is 1. The molecule has 39 heavy (non-hydrogen) atoms. The van der Waals surface area contributed by atoms with Crippen molar-refractivity contribution in [2.45, 2.75) is 43.7 Å². The van der Waals surface area contributed by atoms with Crippen molar-refractivity contribution in [3.8, 4) is 5.75 Å². The van der Waals surface area contributed by atoms with Crippen molar-refractivity contribution in [1.29, 1.82) is 0 Å². The molecule has 1 aliphatic rings. The number of carbonyl (C=O) groups is 1. The van der Waals surface area contributed by atoms with Gasteiger partial charge in [0.05, 0.1) is 13.4 Å². The Hall–Kier alpha value is -3.43. The molecule has 0 bridgehead atoms. The van der Waals surface area contributed by atoms with Gasteiger partial charge in [0.1, 0.15) is 18.4 Å². The molecule has 3 aromatic rings. The summed E-state index contributed by atoms with van der Waals surface area (Å²) in [5, 5.41) is 15.8. The highest BCUT2D eigenvalue weighted by Gasteiger charge is 2.65. The van der Waals surface area contributed by atoms with Crippen LogP contribution < -0.4 is 20.7 Å². The van der Waals surface area contributed by atoms with Crippen molar-refractivity contribution in [3.05, 3.63) is 36.7 Å². The standard InChI is InChI=1S/C22H28F2N7O7P/c1-12(17(32)35-4)30-39(34,38-13-8-6-5-7-9-13)36-10-22(24)18(33)21(2,23)19(37-22)31-11-27-14-15(26-3)28-20(25)29-16(14)31/h5-9,11-12,18-19,33H,10H2,1-4H3,(H,30,34)(H3,25,26,28,29)/t12-,18-,19+,21+,22+,39-/m0/s1. The molecule has 5 N–H and O–H groups in total. The Balaban J connectivity index is 1.62. The van der Waals surface area contributed by atoms with Gasteiger partial charge < -0.3 is 30.2 Å². The SMILES string of the molecule is CNc1nc(N)nc2c1ncn2[C@@H]1O[C@](F)(CO[P@@](=O)(N[C@@H](C)C(=O)OC)Oc2ccccc2)[C@@H](O)[C@@]1(C)F. The second kappa shape index (κ2) is 10.6. The number of nitrogen functional groups attached to an aromatic ring is 1. The van der Waals surface area contributed by atoms with Gasteiger partial charge in [0, 0.05) is 7.05 Å². The molecule has 1 fully saturated rings. The van der Waals surface area contributed by atoms with E-state index in [4.69, 9.17) is 19.5 Å². The van der Waals surface area contributed by atoms with Crippen LogP contribution in [0.1, 0.15) is 20.1 Å². The number of imidazole rings is 1. The summed E-state index contributed by atoms with van der Waals surface area (Å²) in [7, 11) is -1.86. The number of hydrogen-bond donors (Lipinski definition) is 4. The largest absolute Gasteiger partial charge is 0.468 e. The highest BCUT2D eigenvalue weighted by molar-refractivity contribution is 7.52. The lowest BCUT2D eigenvalue weighted by Crippen LogP contribution is -2.47. The Morgan fingerprint density at radius 2 is 2.03 bits per heavy atom. The molecule has 0 aliphatic carbocycles. The van der Waals surface area contributed by atoms with E-state index in [0.29, 0.717) is 0 Å². The molecule has 212 valence electrons. The molecule has 0 radical (unpaired) electrons. The molecule has 2 aromatic heterocycles. The van der Waals surface area contributed by atoms with Crippen LogP contribution in [0.3, 0.4) is 0 Å². The number of nitrogens with one attached hydrogen (secondary N) is 2. The van der Waals surface area contributed by atoms with Crippen LogP contribution in [-0.2, 0) is 23.4 Å². The number of aliphatic hydroxyl groups is 1. The second-order valence-corrected chi connectivity index (χ2v) is 10.6. The van der Waals surface area contributed by atoms with Gasteiger partial charge in [-0.05, 0) is 26.0 Å². The number of hydrogen-bond acceptors (Lipinski definition) is 12. The lowest BCUT2D eigenvalue weighted by atomic mass is 9.97. The number of benzene rings is 1. The number of rotatable bonds is 10. The molecule has 1 aliphatic heterocycles. The maximum absolute atomic E-state index is 16.1. The first kappa shape index (κ1) is 28.6. The summed E-state index contributed by atoms with van der Waals surface area (Å²) in [6, 6.07) is 6.50. The average Bonchev–Trinajstić information content (AvgIpc) is 3.39. The molecule has 14 nitrogen and oxygen atoms in total. The molecule has 1 aromatic carbocycles. The number of nitrogens with zero attached hydrogens (tertiary/aromatic N) is 4. The van der Waals surface area contributed by atoms with Crippen LogP contribution in [0.5, 0.6) is 5.75 Å². The van der Waals surface area contributed by atoms with Crippen molar-refractivity contribution in [2.75, 3.05) is 31.8 Å². The third kappa shape index (κ3) is 5.51. The maximum atomic E-state index is 16.1. The lowest BCUT2D eigenvalue weighted by Gasteiger charge is -2.28. The van der Waals surface area contributed by atoms with E-state index >= 15 is 8.78 Å². The van der Waals surface area contributed by atoms with E-state index in [-0.39, 0.29) is 28.7 Å². The van der Waals surface area contributed by atoms with Crippen molar-refractivity contribution in [2.24, 2.45) is 0 Å². The molecular formula is C22H28F2N7O7P. The fourth-order valence-electron chi connectivity index (χ4n) is 3.99. The first-order valence-corrected chi connectivity index (χ1v) is 13.1. The van der Waals surface area contributed by atoms with Crippen molar-refractivity contribution in [1.82, 2.24) is 24.6 Å². The topological polar surface area (TPSA) is 185 Å². The van der Waals surface area contributed by atoms with Gasteiger partial charge in [0.15, 0.2) is 35.0 Å². The van der Waals surface area contributed by atoms with Gasteiger partial charge in [-0.15, -0.1) is 0 Å². The van der Waals surface area contributed by atoms with Crippen molar-refractivity contribution < 1.29 is 41.8 Å². The van der Waals surface area contributed by atoms with Gasteiger partial charge >= 0.3 is 13.7 Å². The van der Waals surface area contributed by atoms with Crippen molar-refractivity contribution >= 4 is 36.6 Å². The molecule has 0 saturated carbocycles. The summed E-state index contributed by atoms with van der Waals surface area (Å²) in [6.07, 6.45) is -3.11.